The van der Waals surface area contributed by atoms with E-state index in [1.54, 1.807) is 36.4 Å². The molecule has 0 spiro atoms. The van der Waals surface area contributed by atoms with E-state index in [4.69, 9.17) is 25.8 Å². The molecule has 0 atom stereocenters. The molecule has 28 heavy (non-hydrogen) atoms. The zero-order chi connectivity index (χ0) is 20.5. The summed E-state index contributed by atoms with van der Waals surface area (Å²) in [6.45, 7) is 6.26. The number of nitrogens with one attached hydrogen (secondary N) is 1. The highest BCUT2D eigenvalue weighted by molar-refractivity contribution is 6.31. The van der Waals surface area contributed by atoms with Gasteiger partial charge in [0.15, 0.2) is 18.1 Å². The molecule has 7 heteroatoms. The first-order chi connectivity index (χ1) is 13.4. The molecule has 0 aromatic heterocycles. The van der Waals surface area contributed by atoms with Gasteiger partial charge in [0.1, 0.15) is 0 Å². The van der Waals surface area contributed by atoms with Gasteiger partial charge in [-0.2, -0.15) is 0 Å². The first-order valence-electron chi connectivity index (χ1n) is 9.07. The van der Waals surface area contributed by atoms with Crippen molar-refractivity contribution in [1.29, 1.82) is 0 Å². The maximum absolute atomic E-state index is 12.3. The van der Waals surface area contributed by atoms with Gasteiger partial charge in [-0.15, -0.1) is 0 Å². The first-order valence-corrected chi connectivity index (χ1v) is 9.45. The van der Waals surface area contributed by atoms with Crippen LogP contribution in [0, 0.1) is 6.92 Å². The number of carbonyl (C=O) groups is 2. The Kier molecular flexibility index (Phi) is 8.14. The summed E-state index contributed by atoms with van der Waals surface area (Å²) in [5.74, 6) is -0.0496. The normalized spacial score (nSPS) is 10.3. The van der Waals surface area contributed by atoms with Crippen LogP contribution in [0.25, 0.3) is 0 Å². The van der Waals surface area contributed by atoms with E-state index in [1.165, 1.54) is 0 Å². The molecule has 0 aliphatic heterocycles. The summed E-state index contributed by atoms with van der Waals surface area (Å²) >= 11 is 5.93. The van der Waals surface area contributed by atoms with Gasteiger partial charge in [0.05, 0.1) is 18.8 Å². The number of benzene rings is 2. The van der Waals surface area contributed by atoms with E-state index >= 15 is 0 Å². The molecule has 0 radical (unpaired) electrons. The fourth-order valence-corrected chi connectivity index (χ4v) is 2.54. The van der Waals surface area contributed by atoms with E-state index in [2.05, 4.69) is 5.32 Å². The molecule has 2 aromatic rings. The molecule has 6 nitrogen and oxygen atoms in total. The third-order valence-corrected chi connectivity index (χ3v) is 3.98. The van der Waals surface area contributed by atoms with E-state index in [1.807, 2.05) is 20.8 Å². The minimum Gasteiger partial charge on any atom is -0.490 e. The second-order valence-corrected chi connectivity index (χ2v) is 6.46. The number of ether oxygens (including phenoxy) is 3. The van der Waals surface area contributed by atoms with Crippen LogP contribution >= 0.6 is 11.6 Å². The van der Waals surface area contributed by atoms with Crippen LogP contribution in [0.15, 0.2) is 36.4 Å². The molecule has 0 aliphatic carbocycles. The van der Waals surface area contributed by atoms with Crippen molar-refractivity contribution >= 4 is 29.2 Å². The van der Waals surface area contributed by atoms with Crippen LogP contribution < -0.4 is 14.8 Å². The summed E-state index contributed by atoms with van der Waals surface area (Å²) in [5.41, 5.74) is 1.71. The number of aryl methyl sites for hydroxylation is 1. The van der Waals surface area contributed by atoms with Gasteiger partial charge < -0.3 is 19.5 Å². The molecular weight excluding hydrogens is 382 g/mol. The fourth-order valence-electron chi connectivity index (χ4n) is 2.36. The smallest absolute Gasteiger partial charge is 0.338 e. The molecular formula is C21H24ClNO5. The Morgan fingerprint density at radius 2 is 1.82 bits per heavy atom. The van der Waals surface area contributed by atoms with Crippen LogP contribution in [-0.4, -0.2) is 31.7 Å². The maximum Gasteiger partial charge on any atom is 0.338 e. The summed E-state index contributed by atoms with van der Waals surface area (Å²) in [4.78, 5) is 24.4. The van der Waals surface area contributed by atoms with Gasteiger partial charge in [-0.1, -0.05) is 24.6 Å². The number of amides is 1. The number of hydrogen-bond acceptors (Lipinski definition) is 5. The molecule has 0 fully saturated rings. The SMILES string of the molecule is CCCOc1ccc(C(=O)OCC(=O)Nc2cc(Cl)ccc2C)cc1OCC. The van der Waals surface area contributed by atoms with Crippen molar-refractivity contribution in [2.75, 3.05) is 25.1 Å². The van der Waals surface area contributed by atoms with Crippen molar-refractivity contribution in [2.24, 2.45) is 0 Å². The molecule has 1 amide bonds. The Balaban J connectivity index is 1.99. The highest BCUT2D eigenvalue weighted by atomic mass is 35.5. The fraction of sp³-hybridized carbons (Fsp3) is 0.333. The maximum atomic E-state index is 12.3. The van der Waals surface area contributed by atoms with Gasteiger partial charge in [-0.25, -0.2) is 4.79 Å². The van der Waals surface area contributed by atoms with Gasteiger partial charge in [0.25, 0.3) is 5.91 Å². The quantitative estimate of drug-likeness (QED) is 0.615. The third kappa shape index (κ3) is 6.16. The molecule has 2 rings (SSSR count). The molecule has 0 bridgehead atoms. The Hall–Kier alpha value is -2.73. The largest absolute Gasteiger partial charge is 0.490 e. The number of carbonyl (C=O) groups excluding carboxylic acids is 2. The van der Waals surface area contributed by atoms with Crippen molar-refractivity contribution < 1.29 is 23.8 Å². The van der Waals surface area contributed by atoms with Crippen LogP contribution in [0.3, 0.4) is 0 Å². The third-order valence-electron chi connectivity index (χ3n) is 3.75. The summed E-state index contributed by atoms with van der Waals surface area (Å²) in [6, 6.07) is 9.95. The highest BCUT2D eigenvalue weighted by Crippen LogP contribution is 2.29. The second kappa shape index (κ2) is 10.6. The summed E-state index contributed by atoms with van der Waals surface area (Å²) in [5, 5.41) is 3.18. The number of hydrogen-bond donors (Lipinski definition) is 1. The van der Waals surface area contributed by atoms with Crippen LogP contribution in [-0.2, 0) is 9.53 Å². The zero-order valence-electron chi connectivity index (χ0n) is 16.2. The molecule has 1 N–H and O–H groups in total. The summed E-state index contributed by atoms with van der Waals surface area (Å²) in [7, 11) is 0. The highest BCUT2D eigenvalue weighted by Gasteiger charge is 2.15. The lowest BCUT2D eigenvalue weighted by Crippen LogP contribution is -2.21. The average Bonchev–Trinajstić information content (AvgIpc) is 2.68. The van der Waals surface area contributed by atoms with E-state index < -0.39 is 18.5 Å². The van der Waals surface area contributed by atoms with E-state index in [0.29, 0.717) is 35.4 Å². The number of anilines is 1. The topological polar surface area (TPSA) is 73.9 Å². The molecule has 0 aliphatic rings. The average molecular weight is 406 g/mol. The van der Waals surface area contributed by atoms with Crippen LogP contribution in [0.2, 0.25) is 5.02 Å². The Morgan fingerprint density at radius 1 is 1.04 bits per heavy atom. The predicted molar refractivity (Wildman–Crippen MR) is 108 cm³/mol. The van der Waals surface area contributed by atoms with E-state index in [9.17, 15) is 9.59 Å². The van der Waals surface area contributed by atoms with Gasteiger partial charge in [0.2, 0.25) is 0 Å². The van der Waals surface area contributed by atoms with E-state index in [-0.39, 0.29) is 5.56 Å². The minimum absolute atomic E-state index is 0.277. The van der Waals surface area contributed by atoms with Gasteiger partial charge in [-0.05, 0) is 56.2 Å². The zero-order valence-corrected chi connectivity index (χ0v) is 17.0. The monoisotopic (exact) mass is 405 g/mol. The van der Waals surface area contributed by atoms with Crippen molar-refractivity contribution in [3.8, 4) is 11.5 Å². The number of halogens is 1. The lowest BCUT2D eigenvalue weighted by molar-refractivity contribution is -0.119. The van der Waals surface area contributed by atoms with Gasteiger partial charge in [0, 0.05) is 10.7 Å². The Morgan fingerprint density at radius 3 is 2.54 bits per heavy atom. The molecule has 0 unspecified atom stereocenters. The van der Waals surface area contributed by atoms with Crippen molar-refractivity contribution in [3.63, 3.8) is 0 Å². The molecule has 2 aromatic carbocycles. The predicted octanol–water partition coefficient (Wildman–Crippen LogP) is 4.63. The lowest BCUT2D eigenvalue weighted by atomic mass is 10.2. The molecule has 0 saturated carbocycles. The number of esters is 1. The van der Waals surface area contributed by atoms with Crippen molar-refractivity contribution in [1.82, 2.24) is 0 Å². The van der Waals surface area contributed by atoms with Crippen molar-refractivity contribution in [2.45, 2.75) is 27.2 Å². The lowest BCUT2D eigenvalue weighted by Gasteiger charge is -2.13. The second-order valence-electron chi connectivity index (χ2n) is 6.03. The molecule has 0 saturated heterocycles. The van der Waals surface area contributed by atoms with Crippen LogP contribution in [0.5, 0.6) is 11.5 Å². The Labute approximate surface area is 169 Å². The van der Waals surface area contributed by atoms with Crippen LogP contribution in [0.4, 0.5) is 5.69 Å². The van der Waals surface area contributed by atoms with Gasteiger partial charge in [-0.3, -0.25) is 4.79 Å². The first kappa shape index (κ1) is 21.6. The summed E-state index contributed by atoms with van der Waals surface area (Å²) in [6.07, 6.45) is 0.858. The number of rotatable bonds is 9. The molecule has 0 heterocycles. The van der Waals surface area contributed by atoms with Crippen molar-refractivity contribution in [3.05, 3.63) is 52.5 Å². The minimum atomic E-state index is -0.624. The molecule has 150 valence electrons. The van der Waals surface area contributed by atoms with E-state index in [0.717, 1.165) is 12.0 Å². The summed E-state index contributed by atoms with van der Waals surface area (Å²) < 4.78 is 16.2. The Bertz CT molecular complexity index is 838. The standard InChI is InChI=1S/C21H24ClNO5/c1-4-10-27-18-9-7-15(11-19(18)26-5-2)21(25)28-13-20(24)23-17-12-16(22)8-6-14(17)3/h6-9,11-12H,4-5,10,13H2,1-3H3,(H,23,24). The van der Waals surface area contributed by atoms with Gasteiger partial charge >= 0.3 is 5.97 Å². The van der Waals surface area contributed by atoms with Crippen LogP contribution in [0.1, 0.15) is 36.2 Å².